The summed E-state index contributed by atoms with van der Waals surface area (Å²) in [5.41, 5.74) is 11.5. The van der Waals surface area contributed by atoms with Gasteiger partial charge in [-0.15, -0.1) is 0 Å². The number of carbonyl (C=O) groups excluding carboxylic acids is 4. The molecule has 2 unspecified atom stereocenters. The van der Waals surface area contributed by atoms with Crippen molar-refractivity contribution in [3.05, 3.63) is 112 Å². The molecule has 296 valence electrons. The third-order valence-corrected chi connectivity index (χ3v) is 11.2. The highest BCUT2D eigenvalue weighted by molar-refractivity contribution is 6.36. The van der Waals surface area contributed by atoms with Gasteiger partial charge in [0.15, 0.2) is 0 Å². The van der Waals surface area contributed by atoms with E-state index in [1.165, 1.54) is 9.80 Å². The minimum absolute atomic E-state index is 0.180. The average Bonchev–Trinajstić information content (AvgIpc) is 3.16. The van der Waals surface area contributed by atoms with Crippen molar-refractivity contribution >= 4 is 62.2 Å². The molecule has 2 heterocycles. The van der Waals surface area contributed by atoms with E-state index in [0.29, 0.717) is 62.9 Å². The Bertz CT molecular complexity index is 2410. The van der Waals surface area contributed by atoms with E-state index in [9.17, 15) is 19.2 Å². The fourth-order valence-corrected chi connectivity index (χ4v) is 8.19. The quantitative estimate of drug-likeness (QED) is 0.105. The highest BCUT2D eigenvalue weighted by Crippen LogP contribution is 2.42. The largest absolute Gasteiger partial charge is 0.398 e. The van der Waals surface area contributed by atoms with E-state index in [1.807, 2.05) is 61.3 Å². The smallest absolute Gasteiger partial charge is 0.265 e. The topological polar surface area (TPSA) is 122 Å². The van der Waals surface area contributed by atoms with Gasteiger partial charge in [0.25, 0.3) is 23.6 Å². The maximum Gasteiger partial charge on any atom is 0.265 e. The maximum atomic E-state index is 14.5. The molecule has 4 amide bonds. The summed E-state index contributed by atoms with van der Waals surface area (Å²) in [7, 11) is 3.56. The third kappa shape index (κ3) is 7.06. The van der Waals surface area contributed by atoms with Gasteiger partial charge in [-0.1, -0.05) is 84.9 Å². The molecule has 0 saturated carbocycles. The summed E-state index contributed by atoms with van der Waals surface area (Å²) in [6, 6.07) is 24.2. The van der Waals surface area contributed by atoms with Crippen LogP contribution in [-0.4, -0.2) is 75.1 Å². The lowest BCUT2D eigenvalue weighted by Crippen LogP contribution is -2.44. The summed E-state index contributed by atoms with van der Waals surface area (Å²) >= 11 is 0. The van der Waals surface area contributed by atoms with Crippen LogP contribution in [0.2, 0.25) is 0 Å². The lowest BCUT2D eigenvalue weighted by molar-refractivity contribution is -0.0131. The molecule has 0 saturated heterocycles. The Kier molecular flexibility index (Phi) is 10.2. The fraction of sp³-hybridized carbons (Fsp3) is 0.362. The van der Waals surface area contributed by atoms with Gasteiger partial charge in [-0.3, -0.25) is 24.1 Å². The van der Waals surface area contributed by atoms with Crippen molar-refractivity contribution in [2.75, 3.05) is 56.0 Å². The maximum absolute atomic E-state index is 14.5. The molecular weight excluding hydrogens is 717 g/mol. The fourth-order valence-electron chi connectivity index (χ4n) is 8.19. The predicted molar refractivity (Wildman–Crippen MR) is 227 cm³/mol. The molecule has 7 rings (SSSR count). The molecule has 0 aromatic heterocycles. The number of amides is 4. The zero-order valence-corrected chi connectivity index (χ0v) is 34.4. The van der Waals surface area contributed by atoms with Gasteiger partial charge in [0.1, 0.15) is 0 Å². The number of carbonyl (C=O) groups is 4. The van der Waals surface area contributed by atoms with E-state index in [1.54, 1.807) is 37.4 Å². The molecule has 0 spiro atoms. The predicted octanol–water partition coefficient (Wildman–Crippen LogP) is 8.37. The Hall–Kier alpha value is -5.58. The molecule has 2 aliphatic rings. The summed E-state index contributed by atoms with van der Waals surface area (Å²) in [6.45, 7) is 15.8. The van der Waals surface area contributed by atoms with Crippen LogP contribution in [0.4, 0.5) is 17.1 Å². The van der Waals surface area contributed by atoms with Gasteiger partial charge >= 0.3 is 0 Å². The molecule has 5 aromatic carbocycles. The number of rotatable bonds is 11. The van der Waals surface area contributed by atoms with E-state index in [2.05, 4.69) is 47.6 Å². The van der Waals surface area contributed by atoms with Gasteiger partial charge in [-0.2, -0.15) is 0 Å². The number of nitrogens with zero attached hydrogens (tertiary/aromatic N) is 3. The van der Waals surface area contributed by atoms with Gasteiger partial charge in [-0.25, -0.2) is 4.90 Å². The molecule has 10 heteroatoms. The van der Waals surface area contributed by atoms with E-state index in [0.717, 1.165) is 22.2 Å². The van der Waals surface area contributed by atoms with Crippen molar-refractivity contribution in [1.82, 2.24) is 4.90 Å². The van der Waals surface area contributed by atoms with Gasteiger partial charge in [0.05, 0.1) is 25.0 Å². The van der Waals surface area contributed by atoms with E-state index >= 15 is 0 Å². The minimum atomic E-state index is -0.372. The summed E-state index contributed by atoms with van der Waals surface area (Å²) in [4.78, 5) is 60.8. The molecule has 0 aliphatic carbocycles. The van der Waals surface area contributed by atoms with Gasteiger partial charge in [-0.05, 0) is 70.3 Å². The number of nitrogen functional groups attached to an aromatic ring is 1. The molecule has 2 N–H and O–H groups in total. The Balaban J connectivity index is 1.10. The van der Waals surface area contributed by atoms with Crippen LogP contribution in [0.1, 0.15) is 101 Å². The van der Waals surface area contributed by atoms with Crippen LogP contribution in [0.15, 0.2) is 78.9 Å². The van der Waals surface area contributed by atoms with Crippen molar-refractivity contribution in [3.8, 4) is 0 Å². The number of nitrogens with two attached hydrogens (primary N) is 1. The SMILES string of the molecule is COCC(CN(C)c1ccc2c3c(cccc13)C(=O)N(c1cc(C(C)(C)C)ccc1C(C)(C)C)C2=O)OCC(C)CN1C(=O)c2cccc3c(N)ccc(c23)C1=O. The van der Waals surface area contributed by atoms with Crippen LogP contribution in [0, 0.1) is 5.92 Å². The molecule has 5 aromatic rings. The monoisotopic (exact) mass is 768 g/mol. The van der Waals surface area contributed by atoms with Crippen molar-refractivity contribution in [1.29, 1.82) is 0 Å². The second-order valence-corrected chi connectivity index (χ2v) is 17.6. The normalized spacial score (nSPS) is 15.5. The Morgan fingerprint density at radius 2 is 1.28 bits per heavy atom. The second kappa shape index (κ2) is 14.7. The Morgan fingerprint density at radius 3 is 1.91 bits per heavy atom. The zero-order valence-electron chi connectivity index (χ0n) is 34.4. The zero-order chi connectivity index (χ0) is 41.1. The minimum Gasteiger partial charge on any atom is -0.398 e. The number of hydrogen-bond donors (Lipinski definition) is 1. The van der Waals surface area contributed by atoms with E-state index in [-0.39, 0.29) is 59.6 Å². The van der Waals surface area contributed by atoms with E-state index < -0.39 is 0 Å². The third-order valence-electron chi connectivity index (χ3n) is 11.2. The summed E-state index contributed by atoms with van der Waals surface area (Å²) in [5.74, 6) is -1.57. The first-order valence-electron chi connectivity index (χ1n) is 19.5. The van der Waals surface area contributed by atoms with Crippen LogP contribution >= 0.6 is 0 Å². The van der Waals surface area contributed by atoms with Crippen LogP contribution < -0.4 is 15.5 Å². The first kappa shape index (κ1) is 39.6. The number of ether oxygens (including phenoxy) is 2. The second-order valence-electron chi connectivity index (χ2n) is 17.6. The molecule has 0 fully saturated rings. The molecule has 57 heavy (non-hydrogen) atoms. The molecule has 10 nitrogen and oxygen atoms in total. The highest BCUT2D eigenvalue weighted by atomic mass is 16.5. The van der Waals surface area contributed by atoms with Crippen LogP contribution in [-0.2, 0) is 20.3 Å². The van der Waals surface area contributed by atoms with E-state index in [4.69, 9.17) is 15.2 Å². The van der Waals surface area contributed by atoms with Gasteiger partial charge in [0.2, 0.25) is 0 Å². The number of hydrogen-bond acceptors (Lipinski definition) is 8. The lowest BCUT2D eigenvalue weighted by Gasteiger charge is -2.34. The van der Waals surface area contributed by atoms with Crippen LogP contribution in [0.25, 0.3) is 21.5 Å². The van der Waals surface area contributed by atoms with Crippen LogP contribution in [0.5, 0.6) is 0 Å². The van der Waals surface area contributed by atoms with Crippen molar-refractivity contribution < 1.29 is 28.7 Å². The lowest BCUT2D eigenvalue weighted by atomic mass is 9.80. The van der Waals surface area contributed by atoms with Crippen molar-refractivity contribution in [2.45, 2.75) is 65.4 Å². The molecule has 0 radical (unpaired) electrons. The number of methoxy groups -OCH3 is 1. The van der Waals surface area contributed by atoms with Gasteiger partial charge in [0, 0.05) is 82.4 Å². The summed E-state index contributed by atoms with van der Waals surface area (Å²) in [6.07, 6.45) is -0.372. The Morgan fingerprint density at radius 1 is 0.702 bits per heavy atom. The average molecular weight is 769 g/mol. The number of anilines is 3. The number of likely N-dealkylation sites (N-methyl/N-ethyl adjacent to an activating group) is 1. The number of benzene rings is 5. The summed E-state index contributed by atoms with van der Waals surface area (Å²) < 4.78 is 12.0. The molecule has 0 bridgehead atoms. The first-order valence-corrected chi connectivity index (χ1v) is 19.5. The molecule has 2 atom stereocenters. The highest BCUT2D eigenvalue weighted by Gasteiger charge is 2.38. The Labute approximate surface area is 334 Å². The first-order chi connectivity index (χ1) is 26.9. The van der Waals surface area contributed by atoms with Crippen molar-refractivity contribution in [3.63, 3.8) is 0 Å². The van der Waals surface area contributed by atoms with Crippen molar-refractivity contribution in [2.24, 2.45) is 5.92 Å². The molecular formula is C47H52N4O6. The number of imide groups is 2. The molecule has 2 aliphatic heterocycles. The standard InChI is InChI=1S/C47H52N4O6/c1-27(23-50-42(52)32-14-10-12-30-37(48)20-17-34(40(30)32)43(50)53)25-57-29(26-56-9)24-49(8)38-21-18-35-41-31(38)13-11-15-33(41)44(54)51(45(35)55)39-22-28(46(2,3)4)16-19-36(39)47(5,6)7/h10-22,27,29H,23-26,48H2,1-9H3. The van der Waals surface area contributed by atoms with Gasteiger partial charge < -0.3 is 20.1 Å². The summed E-state index contributed by atoms with van der Waals surface area (Å²) in [5, 5.41) is 2.71. The van der Waals surface area contributed by atoms with Crippen LogP contribution in [0.3, 0.4) is 0 Å².